The molecule has 4 rings (SSSR count). The van der Waals surface area contributed by atoms with Crippen LogP contribution in [0, 0.1) is 30.0 Å². The number of nitrogens with zero attached hydrogens (tertiary/aromatic N) is 3. The van der Waals surface area contributed by atoms with Crippen molar-refractivity contribution in [1.82, 2.24) is 4.98 Å². The minimum atomic E-state index is -3.00. The average Bonchev–Trinajstić information content (AvgIpc) is 3.49. The summed E-state index contributed by atoms with van der Waals surface area (Å²) in [5.74, 6) is -1.88. The lowest BCUT2D eigenvalue weighted by Gasteiger charge is -2.33. The van der Waals surface area contributed by atoms with E-state index in [1.54, 1.807) is 0 Å². The number of benzene rings is 1. The van der Waals surface area contributed by atoms with E-state index in [2.05, 4.69) is 9.98 Å². The van der Waals surface area contributed by atoms with Crippen molar-refractivity contribution in [3.05, 3.63) is 64.2 Å². The van der Waals surface area contributed by atoms with E-state index in [4.69, 9.17) is 15.7 Å². The van der Waals surface area contributed by atoms with Gasteiger partial charge in [0.15, 0.2) is 11.3 Å². The molecule has 9 heteroatoms. The molecule has 1 fully saturated rings. The number of rotatable bonds is 5. The third kappa shape index (κ3) is 3.18. The Morgan fingerprint density at radius 1 is 1.43 bits per heavy atom. The van der Waals surface area contributed by atoms with E-state index >= 15 is 4.39 Å². The fourth-order valence-corrected chi connectivity index (χ4v) is 3.94. The van der Waals surface area contributed by atoms with Gasteiger partial charge in [-0.2, -0.15) is 5.26 Å². The molecule has 6 nitrogen and oxygen atoms in total. The number of amidine groups is 1. The van der Waals surface area contributed by atoms with Gasteiger partial charge in [-0.1, -0.05) is 6.07 Å². The van der Waals surface area contributed by atoms with Crippen LogP contribution in [0.15, 0.2) is 35.5 Å². The summed E-state index contributed by atoms with van der Waals surface area (Å²) in [6.07, 6.45) is -2.13. The van der Waals surface area contributed by atoms with Crippen molar-refractivity contribution in [3.8, 4) is 6.07 Å². The van der Waals surface area contributed by atoms with Gasteiger partial charge >= 0.3 is 0 Å². The quantitative estimate of drug-likeness (QED) is 0.758. The molecule has 2 N–H and O–H groups in total. The van der Waals surface area contributed by atoms with E-state index in [0.29, 0.717) is 17.5 Å². The molecule has 3 atom stereocenters. The first-order chi connectivity index (χ1) is 14.3. The topological polar surface area (TPSA) is 101 Å². The number of hydrogen-bond donors (Lipinski definition) is 1. The van der Waals surface area contributed by atoms with Crippen molar-refractivity contribution in [2.75, 3.05) is 0 Å². The highest BCUT2D eigenvalue weighted by Gasteiger charge is 2.64. The number of nitrogens with two attached hydrogens (primary N) is 1. The van der Waals surface area contributed by atoms with Gasteiger partial charge in [-0.05, 0) is 42.7 Å². The molecular weight excluding hydrogens is 397 g/mol. The van der Waals surface area contributed by atoms with E-state index < -0.39 is 35.8 Å². The van der Waals surface area contributed by atoms with Crippen LogP contribution in [0.25, 0.3) is 0 Å². The normalized spacial score (nSPS) is 24.5. The van der Waals surface area contributed by atoms with E-state index in [1.807, 2.05) is 6.07 Å². The minimum Gasteiger partial charge on any atom is -0.462 e. The van der Waals surface area contributed by atoms with Gasteiger partial charge in [0, 0.05) is 24.1 Å². The summed E-state index contributed by atoms with van der Waals surface area (Å²) in [6, 6.07) is 7.08. The summed E-state index contributed by atoms with van der Waals surface area (Å²) in [5, 5.41) is 8.83. The van der Waals surface area contributed by atoms with Gasteiger partial charge in [-0.3, -0.25) is 9.78 Å². The summed E-state index contributed by atoms with van der Waals surface area (Å²) in [5.41, 5.74) is 4.08. The number of aromatic nitrogens is 1. The van der Waals surface area contributed by atoms with Gasteiger partial charge in [0.1, 0.15) is 23.7 Å². The Kier molecular flexibility index (Phi) is 4.73. The first-order valence-corrected chi connectivity index (χ1v) is 9.25. The molecule has 1 saturated carbocycles. The zero-order chi connectivity index (χ0) is 21.6. The highest BCUT2D eigenvalue weighted by molar-refractivity contribution is 5.95. The van der Waals surface area contributed by atoms with Gasteiger partial charge in [0.2, 0.25) is 0 Å². The number of pyridine rings is 1. The zero-order valence-electron chi connectivity index (χ0n) is 15.9. The van der Waals surface area contributed by atoms with Gasteiger partial charge in [-0.15, -0.1) is 0 Å². The summed E-state index contributed by atoms with van der Waals surface area (Å²) in [4.78, 5) is 20.4. The van der Waals surface area contributed by atoms with E-state index in [1.165, 1.54) is 37.4 Å². The maximum absolute atomic E-state index is 15.0. The second-order valence-corrected chi connectivity index (χ2v) is 7.49. The molecule has 2 aromatic rings. The van der Waals surface area contributed by atoms with Crippen molar-refractivity contribution < 1.29 is 22.7 Å². The van der Waals surface area contributed by atoms with Crippen molar-refractivity contribution >= 4 is 11.8 Å². The molecule has 2 aliphatic rings. The average molecular weight is 414 g/mol. The molecule has 1 aromatic heterocycles. The number of fused-ring (bicyclic) bond motifs is 1. The van der Waals surface area contributed by atoms with Gasteiger partial charge in [-0.25, -0.2) is 18.2 Å². The number of hydrogen-bond acceptors (Lipinski definition) is 6. The minimum absolute atomic E-state index is 0.122. The van der Waals surface area contributed by atoms with Gasteiger partial charge < -0.3 is 10.5 Å². The number of aliphatic imine (C=N–C) groups is 1. The van der Waals surface area contributed by atoms with Crippen LogP contribution in [0.4, 0.5) is 13.2 Å². The summed E-state index contributed by atoms with van der Waals surface area (Å²) in [7, 11) is 0. The number of ketones is 1. The largest absolute Gasteiger partial charge is 0.462 e. The Morgan fingerprint density at radius 3 is 2.83 bits per heavy atom. The lowest BCUT2D eigenvalue weighted by Crippen LogP contribution is -2.43. The maximum Gasteiger partial charge on any atom is 0.283 e. The molecule has 0 radical (unpaired) electrons. The van der Waals surface area contributed by atoms with Gasteiger partial charge in [0.05, 0.1) is 5.56 Å². The van der Waals surface area contributed by atoms with Crippen molar-refractivity contribution in [1.29, 1.82) is 5.26 Å². The maximum atomic E-state index is 15.0. The van der Waals surface area contributed by atoms with Crippen LogP contribution >= 0.6 is 0 Å². The SMILES string of the molecule is Cc1cc(CC(=O)c2ccc(C#N)cn2)cc([C@@]2(C(F)F)N=C(N)O[C@@H]3C[C@@H]32)c1F. The molecule has 0 spiro atoms. The Bertz CT molecular complexity index is 1090. The van der Waals surface area contributed by atoms with Crippen molar-refractivity contribution in [2.45, 2.75) is 37.8 Å². The van der Waals surface area contributed by atoms with E-state index in [-0.39, 0.29) is 29.0 Å². The van der Waals surface area contributed by atoms with E-state index in [9.17, 15) is 13.6 Å². The molecule has 1 aliphatic heterocycles. The summed E-state index contributed by atoms with van der Waals surface area (Å²) >= 11 is 0. The van der Waals surface area contributed by atoms with Gasteiger partial charge in [0.25, 0.3) is 12.4 Å². The number of ether oxygens (including phenoxy) is 1. The smallest absolute Gasteiger partial charge is 0.283 e. The molecule has 2 heterocycles. The number of carbonyl (C=O) groups is 1. The number of halogens is 3. The molecule has 0 amide bonds. The van der Waals surface area contributed by atoms with Crippen LogP contribution < -0.4 is 5.73 Å². The molecule has 154 valence electrons. The van der Waals surface area contributed by atoms with Crippen LogP contribution in [0.5, 0.6) is 0 Å². The Labute approximate surface area is 170 Å². The fraction of sp³-hybridized carbons (Fsp3) is 0.333. The van der Waals surface area contributed by atoms with Crippen LogP contribution in [0.2, 0.25) is 0 Å². The first-order valence-electron chi connectivity index (χ1n) is 9.25. The van der Waals surface area contributed by atoms with Crippen molar-refractivity contribution in [3.63, 3.8) is 0 Å². The lowest BCUT2D eigenvalue weighted by molar-refractivity contribution is 0.0175. The Morgan fingerprint density at radius 2 is 2.20 bits per heavy atom. The molecule has 30 heavy (non-hydrogen) atoms. The number of aryl methyl sites for hydroxylation is 1. The summed E-state index contributed by atoms with van der Waals surface area (Å²) in [6.45, 7) is 1.45. The number of carbonyl (C=O) groups excluding carboxylic acids is 1. The fourth-order valence-electron chi connectivity index (χ4n) is 3.94. The van der Waals surface area contributed by atoms with Crippen LogP contribution in [0.1, 0.15) is 39.2 Å². The molecule has 0 saturated heterocycles. The van der Waals surface area contributed by atoms with Crippen LogP contribution in [-0.2, 0) is 16.7 Å². The highest BCUT2D eigenvalue weighted by Crippen LogP contribution is 2.56. The molecule has 1 aliphatic carbocycles. The zero-order valence-corrected chi connectivity index (χ0v) is 15.9. The van der Waals surface area contributed by atoms with Crippen LogP contribution in [-0.4, -0.2) is 29.3 Å². The van der Waals surface area contributed by atoms with Crippen LogP contribution in [0.3, 0.4) is 0 Å². The number of alkyl halides is 2. The number of nitriles is 1. The Balaban J connectivity index is 1.73. The molecule has 1 aromatic carbocycles. The Hall–Kier alpha value is -3.41. The standard InChI is InChI=1S/C21H17F3N4O2/c1-10-4-12(6-16(29)15-3-2-11(8-25)9-27-15)5-14(18(10)22)21(19(23)24)13-7-17(13)30-20(26)28-21/h2-5,9,13,17,19H,6-7H2,1H3,(H2,26,28)/t13-,17+,21-/m0/s1. The third-order valence-corrected chi connectivity index (χ3v) is 5.49. The highest BCUT2D eigenvalue weighted by atomic mass is 19.3. The third-order valence-electron chi connectivity index (χ3n) is 5.49. The monoisotopic (exact) mass is 414 g/mol. The first kappa shape index (κ1) is 19.9. The van der Waals surface area contributed by atoms with E-state index in [0.717, 1.165) is 0 Å². The predicted octanol–water partition coefficient (Wildman–Crippen LogP) is 3.02. The summed E-state index contributed by atoms with van der Waals surface area (Å²) < 4.78 is 48.8. The second kappa shape index (κ2) is 7.13. The van der Waals surface area contributed by atoms with Crippen molar-refractivity contribution in [2.24, 2.45) is 16.6 Å². The number of Topliss-reactive ketones (excluding diaryl/α,β-unsaturated/α-hetero) is 1. The lowest BCUT2D eigenvalue weighted by atomic mass is 9.82. The second-order valence-electron chi connectivity index (χ2n) is 7.49. The molecule has 0 bridgehead atoms. The molecule has 0 unspecified atom stereocenters. The molecular formula is C21H17F3N4O2. The predicted molar refractivity (Wildman–Crippen MR) is 100 cm³/mol.